The highest BCUT2D eigenvalue weighted by molar-refractivity contribution is 7.79. The maximum Gasteiger partial charge on any atom is 0.414 e. The first-order chi connectivity index (χ1) is 12.0. The molecule has 2 fully saturated rings. The number of likely N-dealkylation sites (N-methyl/N-ethyl adjacent to an activating group) is 1. The summed E-state index contributed by atoms with van der Waals surface area (Å²) >= 11 is 4.72. The Kier molecular flexibility index (Phi) is 5.14. The molecule has 2 aliphatic rings. The van der Waals surface area contributed by atoms with Gasteiger partial charge in [0.15, 0.2) is 0 Å². The Bertz CT molecular complexity index is 702. The molecule has 0 aromatic heterocycles. The molecule has 3 amide bonds. The summed E-state index contributed by atoms with van der Waals surface area (Å²) in [4.78, 5) is 28.3. The Morgan fingerprint density at radius 1 is 1.36 bits per heavy atom. The van der Waals surface area contributed by atoms with E-state index in [2.05, 4.69) is 5.32 Å². The summed E-state index contributed by atoms with van der Waals surface area (Å²) in [6.45, 7) is 2.34. The minimum absolute atomic E-state index is 0.213. The van der Waals surface area contributed by atoms with Crippen LogP contribution in [0.1, 0.15) is 0 Å². The normalized spacial score (nSPS) is 20.4. The van der Waals surface area contributed by atoms with Gasteiger partial charge in [-0.25, -0.2) is 14.0 Å². The van der Waals surface area contributed by atoms with Crippen LogP contribution in [-0.2, 0) is 4.74 Å². The van der Waals surface area contributed by atoms with Crippen LogP contribution in [0.4, 0.5) is 25.4 Å². The Hall–Kier alpha value is -2.26. The zero-order chi connectivity index (χ0) is 18.0. The van der Waals surface area contributed by atoms with E-state index >= 15 is 0 Å². The van der Waals surface area contributed by atoms with Gasteiger partial charge in [-0.1, -0.05) is 12.2 Å². The van der Waals surface area contributed by atoms with E-state index in [4.69, 9.17) is 17.0 Å². The van der Waals surface area contributed by atoms with Gasteiger partial charge >= 0.3 is 12.1 Å². The van der Waals surface area contributed by atoms with Crippen molar-refractivity contribution in [3.05, 3.63) is 24.0 Å². The molecular formula is C16H19FN4O3S. The van der Waals surface area contributed by atoms with E-state index in [1.807, 2.05) is 0 Å². The second-order valence-electron chi connectivity index (χ2n) is 5.93. The van der Waals surface area contributed by atoms with Crippen LogP contribution in [0.5, 0.6) is 0 Å². The van der Waals surface area contributed by atoms with E-state index in [9.17, 15) is 14.0 Å². The second kappa shape index (κ2) is 7.32. The van der Waals surface area contributed by atoms with Crippen LogP contribution in [0.2, 0.25) is 0 Å². The minimum Gasteiger partial charge on any atom is -0.443 e. The highest BCUT2D eigenvalue weighted by atomic mass is 32.1. The van der Waals surface area contributed by atoms with E-state index in [1.165, 1.54) is 26.8 Å². The van der Waals surface area contributed by atoms with Crippen molar-refractivity contribution in [1.29, 1.82) is 0 Å². The molecule has 134 valence electrons. The Labute approximate surface area is 150 Å². The first-order valence-corrected chi connectivity index (χ1v) is 8.43. The summed E-state index contributed by atoms with van der Waals surface area (Å²) in [5.74, 6) is -0.545. The molecule has 2 saturated heterocycles. The van der Waals surface area contributed by atoms with Crippen LogP contribution in [0.15, 0.2) is 18.2 Å². The number of anilines is 2. The molecule has 9 heteroatoms. The molecule has 0 spiro atoms. The molecule has 25 heavy (non-hydrogen) atoms. The summed E-state index contributed by atoms with van der Waals surface area (Å²) in [5.41, 5.74) is 0.619. The number of hydrogen-bond donors (Lipinski definition) is 1. The first kappa shape index (κ1) is 17.6. The molecule has 1 atom stereocenters. The molecule has 0 radical (unpaired) electrons. The largest absolute Gasteiger partial charge is 0.443 e. The van der Waals surface area contributed by atoms with Crippen LogP contribution >= 0.6 is 12.2 Å². The predicted octanol–water partition coefficient (Wildman–Crippen LogP) is 1.61. The standard InChI is InChI=1S/C16H19FN4O3S/c1-19-5-6-20(15(19)22)14-3-2-11(8-13(14)17)21-10-12(24-16(21)23)9-18-4-7-25/h2-3,7-8,12,18H,4-6,9-10H2,1H3/t12-/m0/s1. The van der Waals surface area contributed by atoms with Crippen molar-refractivity contribution in [2.45, 2.75) is 6.10 Å². The number of hydrogen-bond acceptors (Lipinski definition) is 5. The van der Waals surface area contributed by atoms with Gasteiger partial charge < -0.3 is 15.0 Å². The number of ether oxygens (including phenoxy) is 1. The minimum atomic E-state index is -0.545. The lowest BCUT2D eigenvalue weighted by molar-refractivity contribution is 0.141. The van der Waals surface area contributed by atoms with Gasteiger partial charge in [0, 0.05) is 33.2 Å². The van der Waals surface area contributed by atoms with Gasteiger partial charge in [-0.15, -0.1) is 0 Å². The van der Waals surface area contributed by atoms with Crippen molar-refractivity contribution < 1.29 is 18.7 Å². The topological polar surface area (TPSA) is 65.1 Å². The maximum atomic E-state index is 14.5. The van der Waals surface area contributed by atoms with Crippen LogP contribution in [0.25, 0.3) is 0 Å². The predicted molar refractivity (Wildman–Crippen MR) is 95.9 cm³/mol. The quantitative estimate of drug-likeness (QED) is 0.612. The third-order valence-corrected chi connectivity index (χ3v) is 4.39. The third-order valence-electron chi connectivity index (χ3n) is 4.22. The average molecular weight is 366 g/mol. The average Bonchev–Trinajstić information content (AvgIpc) is 3.11. The summed E-state index contributed by atoms with van der Waals surface area (Å²) < 4.78 is 19.8. The summed E-state index contributed by atoms with van der Waals surface area (Å²) in [7, 11) is 1.67. The van der Waals surface area contributed by atoms with Crippen molar-refractivity contribution in [3.63, 3.8) is 0 Å². The van der Waals surface area contributed by atoms with Crippen molar-refractivity contribution in [2.75, 3.05) is 49.6 Å². The SMILES string of the molecule is CN1CCN(c2ccc(N3C[C@H](CNCC=S)OC3=O)cc2F)C1=O. The number of nitrogens with zero attached hydrogens (tertiary/aromatic N) is 3. The molecule has 0 bridgehead atoms. The van der Waals surface area contributed by atoms with Gasteiger partial charge in [-0.2, -0.15) is 0 Å². The summed E-state index contributed by atoms with van der Waals surface area (Å²) in [5, 5.41) is 4.60. The van der Waals surface area contributed by atoms with Crippen LogP contribution in [0.3, 0.4) is 0 Å². The molecule has 1 aromatic carbocycles. The molecule has 0 saturated carbocycles. The van der Waals surface area contributed by atoms with Gasteiger partial charge in [0.05, 0.1) is 17.9 Å². The number of halogens is 1. The molecule has 2 aliphatic heterocycles. The Balaban J connectivity index is 1.71. The molecular weight excluding hydrogens is 347 g/mol. The molecule has 0 aliphatic carbocycles. The van der Waals surface area contributed by atoms with Crippen molar-refractivity contribution in [3.8, 4) is 0 Å². The Morgan fingerprint density at radius 3 is 2.80 bits per heavy atom. The monoisotopic (exact) mass is 366 g/mol. The van der Waals surface area contributed by atoms with Gasteiger partial charge in [-0.05, 0) is 23.6 Å². The van der Waals surface area contributed by atoms with E-state index in [-0.39, 0.29) is 17.8 Å². The van der Waals surface area contributed by atoms with Crippen LogP contribution in [0, 0.1) is 5.82 Å². The molecule has 0 unspecified atom stereocenters. The summed E-state index contributed by atoms with van der Waals surface area (Å²) in [6, 6.07) is 4.16. The molecule has 3 rings (SSSR count). The van der Waals surface area contributed by atoms with E-state index < -0.39 is 11.9 Å². The molecule has 7 nitrogen and oxygen atoms in total. The van der Waals surface area contributed by atoms with Gasteiger partial charge in [0.2, 0.25) is 0 Å². The van der Waals surface area contributed by atoms with Crippen molar-refractivity contribution in [1.82, 2.24) is 10.2 Å². The number of nitrogens with one attached hydrogen (secondary N) is 1. The number of cyclic esters (lactones) is 1. The van der Waals surface area contributed by atoms with Crippen molar-refractivity contribution in [2.24, 2.45) is 0 Å². The first-order valence-electron chi connectivity index (χ1n) is 7.96. The zero-order valence-electron chi connectivity index (χ0n) is 13.8. The lowest BCUT2D eigenvalue weighted by Crippen LogP contribution is -2.32. The Morgan fingerprint density at radius 2 is 2.16 bits per heavy atom. The third kappa shape index (κ3) is 3.57. The molecule has 1 aromatic rings. The van der Waals surface area contributed by atoms with Gasteiger partial charge in [-0.3, -0.25) is 9.80 Å². The fourth-order valence-corrected chi connectivity index (χ4v) is 3.01. The van der Waals surface area contributed by atoms with Gasteiger partial charge in [0.1, 0.15) is 11.9 Å². The number of benzene rings is 1. The highest BCUT2D eigenvalue weighted by Crippen LogP contribution is 2.29. The highest BCUT2D eigenvalue weighted by Gasteiger charge is 2.33. The van der Waals surface area contributed by atoms with E-state index in [0.717, 1.165) is 0 Å². The fourth-order valence-electron chi connectivity index (χ4n) is 2.90. The number of thiocarbonyl (C=S) groups is 1. The zero-order valence-corrected chi connectivity index (χ0v) is 14.6. The van der Waals surface area contributed by atoms with E-state index in [0.29, 0.717) is 38.4 Å². The lowest BCUT2D eigenvalue weighted by Gasteiger charge is -2.19. The number of rotatable bonds is 6. The maximum absolute atomic E-state index is 14.5. The smallest absolute Gasteiger partial charge is 0.414 e. The molecule has 2 heterocycles. The lowest BCUT2D eigenvalue weighted by atomic mass is 10.2. The number of carbonyl (C=O) groups excluding carboxylic acids is 2. The molecule has 1 N–H and O–H groups in total. The van der Waals surface area contributed by atoms with Crippen molar-refractivity contribution >= 4 is 41.1 Å². The number of amides is 3. The summed E-state index contributed by atoms with van der Waals surface area (Å²) in [6.07, 6.45) is -0.836. The number of carbonyl (C=O) groups is 2. The van der Waals surface area contributed by atoms with Gasteiger partial charge in [0.25, 0.3) is 0 Å². The fraction of sp³-hybridized carbons (Fsp3) is 0.438. The number of urea groups is 1. The van der Waals surface area contributed by atoms with Crippen LogP contribution < -0.4 is 15.1 Å². The van der Waals surface area contributed by atoms with E-state index in [1.54, 1.807) is 18.5 Å². The second-order valence-corrected chi connectivity index (χ2v) is 6.27. The van der Waals surface area contributed by atoms with Crippen LogP contribution in [-0.4, -0.2) is 68.3 Å².